The van der Waals surface area contributed by atoms with Gasteiger partial charge in [0.1, 0.15) is 61.0 Å². The highest BCUT2D eigenvalue weighted by molar-refractivity contribution is 5.73. The second kappa shape index (κ2) is 11.1. The van der Waals surface area contributed by atoms with Crippen LogP contribution >= 0.6 is 0 Å². The van der Waals surface area contributed by atoms with E-state index in [-0.39, 0.29) is 13.2 Å². The highest BCUT2D eigenvalue weighted by Crippen LogP contribution is 2.27. The van der Waals surface area contributed by atoms with Crippen LogP contribution in [0.4, 0.5) is 0 Å². The predicted molar refractivity (Wildman–Crippen MR) is 101 cm³/mol. The fourth-order valence-corrected chi connectivity index (χ4v) is 3.77. The van der Waals surface area contributed by atoms with Crippen LogP contribution in [0, 0.1) is 0 Å². The van der Waals surface area contributed by atoms with Gasteiger partial charge in [0.05, 0.1) is 19.8 Å². The van der Waals surface area contributed by atoms with E-state index in [0.717, 1.165) is 6.92 Å². The van der Waals surface area contributed by atoms with Crippen molar-refractivity contribution in [2.75, 3.05) is 19.8 Å². The van der Waals surface area contributed by atoms with E-state index in [1.54, 1.807) is 0 Å². The quantitative estimate of drug-likeness (QED) is 0.170. The van der Waals surface area contributed by atoms with Crippen LogP contribution in [-0.4, -0.2) is 146 Å². The number of aliphatic hydroxyl groups excluding tert-OH is 8. The minimum atomic E-state index is -1.68. The number of carbonyl (C=O) groups is 1. The lowest BCUT2D eigenvalue weighted by Gasteiger charge is -2.43. The third-order valence-corrected chi connectivity index (χ3v) is 5.69. The Kier molecular flexibility index (Phi) is 8.95. The molecule has 0 saturated carbocycles. The number of hydrogen-bond acceptors (Lipinski definition) is 14. The lowest BCUT2D eigenvalue weighted by molar-refractivity contribution is -0.349. The van der Waals surface area contributed by atoms with Crippen LogP contribution in [0.25, 0.3) is 0 Å². The van der Waals surface area contributed by atoms with Gasteiger partial charge in [-0.2, -0.15) is 0 Å². The molecule has 3 aliphatic heterocycles. The van der Waals surface area contributed by atoms with Crippen molar-refractivity contribution in [2.24, 2.45) is 0 Å². The van der Waals surface area contributed by atoms with Gasteiger partial charge in [-0.25, -0.2) is 0 Å². The molecule has 0 bridgehead atoms. The minimum Gasteiger partial charge on any atom is -0.388 e. The van der Waals surface area contributed by atoms with E-state index in [0.29, 0.717) is 0 Å². The van der Waals surface area contributed by atoms with Crippen LogP contribution in [0.3, 0.4) is 0 Å². The van der Waals surface area contributed by atoms with Gasteiger partial charge in [0.2, 0.25) is 5.91 Å². The summed E-state index contributed by atoms with van der Waals surface area (Å²) < 4.78 is 26.7. The third kappa shape index (κ3) is 5.96. The molecule has 3 aliphatic rings. The molecule has 33 heavy (non-hydrogen) atoms. The molecule has 15 heteroatoms. The molecule has 0 radical (unpaired) electrons. The largest absolute Gasteiger partial charge is 0.388 e. The summed E-state index contributed by atoms with van der Waals surface area (Å²) in [6.45, 7) is -0.0438. The lowest BCUT2D eigenvalue weighted by atomic mass is 9.97. The molecular weight excluding hydrogens is 454 g/mol. The first-order chi connectivity index (χ1) is 15.5. The van der Waals surface area contributed by atoms with Crippen LogP contribution in [0.2, 0.25) is 0 Å². The molecule has 13 atom stereocenters. The van der Waals surface area contributed by atoms with E-state index in [1.807, 2.05) is 0 Å². The second-order valence-electron chi connectivity index (χ2n) is 8.22. The summed E-state index contributed by atoms with van der Waals surface area (Å²) in [5.74, 6) is -0.559. The van der Waals surface area contributed by atoms with Crippen LogP contribution in [0.1, 0.15) is 6.92 Å². The van der Waals surface area contributed by atoms with Gasteiger partial charge in [-0.15, -0.1) is 0 Å². The molecule has 9 N–H and O–H groups in total. The van der Waals surface area contributed by atoms with Crippen molar-refractivity contribution in [1.29, 1.82) is 0 Å². The zero-order chi connectivity index (χ0) is 24.4. The normalized spacial score (nSPS) is 48.9. The number of nitrogens with one attached hydrogen (secondary N) is 1. The van der Waals surface area contributed by atoms with E-state index >= 15 is 0 Å². The molecule has 0 unspecified atom stereocenters. The topological polar surface area (TPSA) is 237 Å². The summed E-state index contributed by atoms with van der Waals surface area (Å²) in [6, 6.07) is -1.28. The van der Waals surface area contributed by atoms with Crippen molar-refractivity contribution >= 4 is 5.91 Å². The summed E-state index contributed by atoms with van der Waals surface area (Å²) in [5.41, 5.74) is 0. The van der Waals surface area contributed by atoms with Gasteiger partial charge in [-0.3, -0.25) is 4.79 Å². The molecule has 15 nitrogen and oxygen atoms in total. The van der Waals surface area contributed by atoms with Crippen LogP contribution in [-0.2, 0) is 28.5 Å². The highest BCUT2D eigenvalue weighted by Gasteiger charge is 2.48. The number of carbonyl (C=O) groups excluding carboxylic acids is 1. The van der Waals surface area contributed by atoms with Crippen molar-refractivity contribution in [3.05, 3.63) is 0 Å². The number of ether oxygens (including phenoxy) is 5. The molecular formula is C18H31NO14. The van der Waals surface area contributed by atoms with Crippen LogP contribution in [0.15, 0.2) is 0 Å². The first kappa shape index (κ1) is 26.6. The Balaban J connectivity index is 1.63. The molecule has 3 fully saturated rings. The van der Waals surface area contributed by atoms with Gasteiger partial charge >= 0.3 is 0 Å². The molecule has 0 spiro atoms. The fraction of sp³-hybridized carbons (Fsp3) is 0.944. The average Bonchev–Trinajstić information content (AvgIpc) is 2.76. The Bertz CT molecular complexity index is 656. The number of amides is 1. The Hall–Kier alpha value is -1.05. The number of hydrogen-bond donors (Lipinski definition) is 9. The molecule has 0 aliphatic carbocycles. The SMILES string of the molecule is CC(=O)N[C@@H]1[C@@H](O)[C@H](O)[C@@H](CO[C@@H]2OC[C@H](O)[C@H](O)[C@H]2O[C@@H]2OC[C@@H](O)[C@H](O)[C@H]2O)O[C@H]1O. The molecule has 192 valence electrons. The minimum absolute atomic E-state index is 0.356. The van der Waals surface area contributed by atoms with E-state index in [9.17, 15) is 45.6 Å². The average molecular weight is 485 g/mol. The summed E-state index contributed by atoms with van der Waals surface area (Å²) in [6.07, 6.45) is -18.0. The molecule has 0 aromatic rings. The standard InChI is InChI=1S/C18H31NO14/c1-5(20)19-9-13(26)12(25)8(32-16(9)28)4-31-18-15(11(24)7(22)3-30-18)33-17-14(27)10(23)6(21)2-29-17/h6-18,21-28H,2-4H2,1H3,(H,19,20)/t6-,7+,8-,9-,10+,11+,12-,13-,14-,15-,16-,17+,18+/m1/s1. The number of aliphatic hydroxyl groups is 8. The summed E-state index contributed by atoms with van der Waals surface area (Å²) in [4.78, 5) is 11.2. The number of rotatable bonds is 6. The second-order valence-corrected chi connectivity index (χ2v) is 8.22. The van der Waals surface area contributed by atoms with Crippen LogP contribution < -0.4 is 5.32 Å². The molecule has 1 amide bonds. The summed E-state index contributed by atoms with van der Waals surface area (Å²) >= 11 is 0. The maximum atomic E-state index is 11.2. The fourth-order valence-electron chi connectivity index (χ4n) is 3.77. The Morgan fingerprint density at radius 3 is 2.09 bits per heavy atom. The van der Waals surface area contributed by atoms with Gasteiger partial charge in [-0.1, -0.05) is 0 Å². The zero-order valence-electron chi connectivity index (χ0n) is 17.7. The molecule has 3 heterocycles. The summed E-state index contributed by atoms with van der Waals surface area (Å²) in [5, 5.41) is 82.5. The first-order valence-electron chi connectivity index (χ1n) is 10.4. The van der Waals surface area contributed by atoms with E-state index in [1.165, 1.54) is 0 Å². The smallest absolute Gasteiger partial charge is 0.217 e. The zero-order valence-corrected chi connectivity index (χ0v) is 17.7. The maximum absolute atomic E-state index is 11.2. The maximum Gasteiger partial charge on any atom is 0.217 e. The first-order valence-corrected chi connectivity index (χ1v) is 10.4. The Morgan fingerprint density at radius 2 is 1.45 bits per heavy atom. The van der Waals surface area contributed by atoms with E-state index in [2.05, 4.69) is 5.32 Å². The summed E-state index contributed by atoms with van der Waals surface area (Å²) in [7, 11) is 0. The van der Waals surface area contributed by atoms with E-state index < -0.39 is 92.4 Å². The molecule has 0 aromatic carbocycles. The van der Waals surface area contributed by atoms with Gasteiger partial charge in [0.25, 0.3) is 0 Å². The van der Waals surface area contributed by atoms with Gasteiger partial charge in [-0.05, 0) is 0 Å². The highest BCUT2D eigenvalue weighted by atomic mass is 16.8. The predicted octanol–water partition coefficient (Wildman–Crippen LogP) is -6.15. The molecule has 3 saturated heterocycles. The Labute approximate surface area is 188 Å². The Morgan fingerprint density at radius 1 is 0.848 bits per heavy atom. The van der Waals surface area contributed by atoms with Crippen molar-refractivity contribution in [3.63, 3.8) is 0 Å². The van der Waals surface area contributed by atoms with Crippen molar-refractivity contribution < 1.29 is 69.3 Å². The van der Waals surface area contributed by atoms with Crippen molar-refractivity contribution in [1.82, 2.24) is 5.32 Å². The monoisotopic (exact) mass is 485 g/mol. The van der Waals surface area contributed by atoms with Gasteiger partial charge in [0, 0.05) is 6.92 Å². The van der Waals surface area contributed by atoms with Gasteiger partial charge in [0.15, 0.2) is 18.9 Å². The van der Waals surface area contributed by atoms with E-state index in [4.69, 9.17) is 23.7 Å². The van der Waals surface area contributed by atoms with Crippen LogP contribution in [0.5, 0.6) is 0 Å². The lowest BCUT2D eigenvalue weighted by Crippen LogP contribution is -2.64. The van der Waals surface area contributed by atoms with Crippen molar-refractivity contribution in [3.8, 4) is 0 Å². The molecule has 3 rings (SSSR count). The van der Waals surface area contributed by atoms with Crippen molar-refractivity contribution in [2.45, 2.75) is 86.8 Å². The third-order valence-electron chi connectivity index (χ3n) is 5.69. The van der Waals surface area contributed by atoms with Gasteiger partial charge < -0.3 is 69.9 Å². The molecule has 0 aromatic heterocycles.